The molecule has 0 heterocycles. The van der Waals surface area contributed by atoms with Gasteiger partial charge in [-0.15, -0.1) is 0 Å². The Morgan fingerprint density at radius 3 is 2.12 bits per heavy atom. The highest BCUT2D eigenvalue weighted by molar-refractivity contribution is 5.75. The third-order valence-corrected chi connectivity index (χ3v) is 2.96. The van der Waals surface area contributed by atoms with Crippen LogP contribution in [0.25, 0.3) is 0 Å². The Morgan fingerprint density at radius 1 is 1.12 bits per heavy atom. The molecule has 0 aromatic heterocycles. The van der Waals surface area contributed by atoms with Crippen molar-refractivity contribution in [2.75, 3.05) is 6.54 Å². The van der Waals surface area contributed by atoms with E-state index in [-0.39, 0.29) is 18.5 Å². The first-order valence-electron chi connectivity index (χ1n) is 6.29. The summed E-state index contributed by atoms with van der Waals surface area (Å²) < 4.78 is 0. The Morgan fingerprint density at radius 2 is 1.71 bits per heavy atom. The van der Waals surface area contributed by atoms with Crippen LogP contribution < -0.4 is 10.6 Å². The van der Waals surface area contributed by atoms with E-state index in [0.717, 1.165) is 12.8 Å². The molecule has 3 N–H and O–H groups in total. The van der Waals surface area contributed by atoms with Gasteiger partial charge in [0.05, 0.1) is 6.42 Å². The molecule has 100 valence electrons. The van der Waals surface area contributed by atoms with E-state index in [0.29, 0.717) is 18.9 Å². The molecule has 0 aromatic rings. The fraction of sp³-hybridized carbons (Fsp3) is 0.833. The van der Waals surface area contributed by atoms with Crippen LogP contribution >= 0.6 is 0 Å². The summed E-state index contributed by atoms with van der Waals surface area (Å²) in [7, 11) is 0. The number of aliphatic carboxylic acids is 1. The van der Waals surface area contributed by atoms with E-state index >= 15 is 0 Å². The number of carboxylic acid groups (broad SMARTS) is 1. The Hall–Kier alpha value is -1.26. The quantitative estimate of drug-likeness (QED) is 0.611. The minimum atomic E-state index is -0.892. The predicted octanol–water partition coefficient (Wildman–Crippen LogP) is 1.98. The molecule has 5 nitrogen and oxygen atoms in total. The minimum Gasteiger partial charge on any atom is -0.481 e. The molecule has 0 radical (unpaired) electrons. The number of amides is 2. The van der Waals surface area contributed by atoms with Crippen LogP contribution in [0.2, 0.25) is 0 Å². The molecule has 0 aromatic carbocycles. The molecule has 0 spiro atoms. The lowest BCUT2D eigenvalue weighted by atomic mass is 10.0. The predicted molar refractivity (Wildman–Crippen MR) is 66.9 cm³/mol. The van der Waals surface area contributed by atoms with Gasteiger partial charge < -0.3 is 15.7 Å². The smallest absolute Gasteiger partial charge is 0.315 e. The summed E-state index contributed by atoms with van der Waals surface area (Å²) >= 11 is 0. The van der Waals surface area contributed by atoms with Gasteiger partial charge in [-0.3, -0.25) is 4.79 Å². The number of hydrogen-bond donors (Lipinski definition) is 3. The Bertz CT molecular complexity index is 240. The second kappa shape index (κ2) is 8.84. The summed E-state index contributed by atoms with van der Waals surface area (Å²) in [6, 6.07) is -0.570. The molecule has 0 rings (SSSR count). The highest BCUT2D eigenvalue weighted by Crippen LogP contribution is 2.05. The van der Waals surface area contributed by atoms with Crippen LogP contribution in [-0.4, -0.2) is 29.7 Å². The second-order valence-electron chi connectivity index (χ2n) is 4.24. The van der Waals surface area contributed by atoms with Gasteiger partial charge in [-0.25, -0.2) is 4.79 Å². The molecular weight excluding hydrogens is 220 g/mol. The van der Waals surface area contributed by atoms with Gasteiger partial charge in [0.2, 0.25) is 0 Å². The van der Waals surface area contributed by atoms with E-state index in [2.05, 4.69) is 24.5 Å². The van der Waals surface area contributed by atoms with Gasteiger partial charge in [-0.1, -0.05) is 33.6 Å². The van der Waals surface area contributed by atoms with E-state index in [9.17, 15) is 9.59 Å². The molecular formula is C12H24N2O3. The van der Waals surface area contributed by atoms with Crippen LogP contribution in [0.1, 0.15) is 46.5 Å². The van der Waals surface area contributed by atoms with Crippen molar-refractivity contribution < 1.29 is 14.7 Å². The molecule has 0 saturated carbocycles. The van der Waals surface area contributed by atoms with E-state index in [1.807, 2.05) is 6.92 Å². The topological polar surface area (TPSA) is 78.4 Å². The van der Waals surface area contributed by atoms with E-state index in [4.69, 9.17) is 5.11 Å². The molecule has 1 unspecified atom stereocenters. The van der Waals surface area contributed by atoms with Crippen molar-refractivity contribution in [2.24, 2.45) is 5.92 Å². The molecule has 0 fully saturated rings. The number of carboxylic acids is 1. The standard InChI is InChI=1S/C12H24N2O3/c1-4-9(5-2)8-13-12(17)14-10(6-3)7-11(15)16/h9-10H,4-8H2,1-3H3,(H,15,16)(H2,13,14,17). The third kappa shape index (κ3) is 7.60. The molecule has 5 heteroatoms. The monoisotopic (exact) mass is 244 g/mol. The van der Waals surface area contributed by atoms with Crippen molar-refractivity contribution in [3.8, 4) is 0 Å². The van der Waals surface area contributed by atoms with Crippen LogP contribution in [0.15, 0.2) is 0 Å². The normalized spacial score (nSPS) is 12.2. The Balaban J connectivity index is 3.94. The van der Waals surface area contributed by atoms with Crippen LogP contribution in [0.4, 0.5) is 4.79 Å². The average molecular weight is 244 g/mol. The lowest BCUT2D eigenvalue weighted by Gasteiger charge is -2.17. The van der Waals surface area contributed by atoms with Crippen LogP contribution in [0.3, 0.4) is 0 Å². The Labute approximate surface area is 103 Å². The molecule has 1 atom stereocenters. The summed E-state index contributed by atoms with van der Waals surface area (Å²) in [4.78, 5) is 22.1. The van der Waals surface area contributed by atoms with Crippen LogP contribution in [0.5, 0.6) is 0 Å². The van der Waals surface area contributed by atoms with Crippen molar-refractivity contribution in [1.29, 1.82) is 0 Å². The van der Waals surface area contributed by atoms with Gasteiger partial charge in [0.1, 0.15) is 0 Å². The molecule has 0 aliphatic carbocycles. The number of hydrogen-bond acceptors (Lipinski definition) is 2. The number of carbonyl (C=O) groups excluding carboxylic acids is 1. The summed E-state index contributed by atoms with van der Waals surface area (Å²) in [6.45, 7) is 6.68. The van der Waals surface area contributed by atoms with Crippen molar-refractivity contribution >= 4 is 12.0 Å². The van der Waals surface area contributed by atoms with Crippen molar-refractivity contribution in [2.45, 2.75) is 52.5 Å². The maximum absolute atomic E-state index is 11.5. The van der Waals surface area contributed by atoms with Gasteiger partial charge in [0.25, 0.3) is 0 Å². The van der Waals surface area contributed by atoms with Gasteiger partial charge in [-0.05, 0) is 12.3 Å². The van der Waals surface area contributed by atoms with Crippen molar-refractivity contribution in [1.82, 2.24) is 10.6 Å². The Kier molecular flexibility index (Phi) is 8.19. The number of rotatable bonds is 8. The fourth-order valence-corrected chi connectivity index (χ4v) is 1.56. The van der Waals surface area contributed by atoms with Gasteiger partial charge in [0, 0.05) is 12.6 Å². The SMILES string of the molecule is CCC(CC)CNC(=O)NC(CC)CC(=O)O. The van der Waals surface area contributed by atoms with E-state index < -0.39 is 5.97 Å². The second-order valence-corrected chi connectivity index (χ2v) is 4.24. The first kappa shape index (κ1) is 15.7. The van der Waals surface area contributed by atoms with Crippen molar-refractivity contribution in [3.05, 3.63) is 0 Å². The molecule has 0 bridgehead atoms. The molecule has 2 amide bonds. The van der Waals surface area contributed by atoms with Crippen molar-refractivity contribution in [3.63, 3.8) is 0 Å². The summed E-state index contributed by atoms with van der Waals surface area (Å²) in [5.74, 6) is -0.405. The lowest BCUT2D eigenvalue weighted by molar-refractivity contribution is -0.137. The number of urea groups is 1. The van der Waals surface area contributed by atoms with Gasteiger partial charge >= 0.3 is 12.0 Å². The van der Waals surface area contributed by atoms with Gasteiger partial charge in [-0.2, -0.15) is 0 Å². The van der Waals surface area contributed by atoms with Crippen LogP contribution in [-0.2, 0) is 4.79 Å². The molecule has 17 heavy (non-hydrogen) atoms. The average Bonchev–Trinajstić information content (AvgIpc) is 2.28. The third-order valence-electron chi connectivity index (χ3n) is 2.96. The van der Waals surface area contributed by atoms with Gasteiger partial charge in [0.15, 0.2) is 0 Å². The number of carbonyl (C=O) groups is 2. The zero-order valence-electron chi connectivity index (χ0n) is 11.0. The maximum atomic E-state index is 11.5. The first-order valence-corrected chi connectivity index (χ1v) is 6.29. The maximum Gasteiger partial charge on any atom is 0.315 e. The van der Waals surface area contributed by atoms with Crippen LogP contribution in [0, 0.1) is 5.92 Å². The summed E-state index contributed by atoms with van der Waals surface area (Å²) in [5, 5.41) is 14.1. The fourth-order valence-electron chi connectivity index (χ4n) is 1.56. The highest BCUT2D eigenvalue weighted by Gasteiger charge is 2.14. The van der Waals surface area contributed by atoms with E-state index in [1.165, 1.54) is 0 Å². The highest BCUT2D eigenvalue weighted by atomic mass is 16.4. The molecule has 0 aliphatic heterocycles. The summed E-state index contributed by atoms with van der Waals surface area (Å²) in [6.07, 6.45) is 2.64. The first-order chi connectivity index (χ1) is 8.03. The van der Waals surface area contributed by atoms with E-state index in [1.54, 1.807) is 0 Å². The number of nitrogens with one attached hydrogen (secondary N) is 2. The zero-order chi connectivity index (χ0) is 13.3. The zero-order valence-corrected chi connectivity index (χ0v) is 11.0. The minimum absolute atomic E-state index is 0.0328. The molecule has 0 aliphatic rings. The molecule has 0 saturated heterocycles. The largest absolute Gasteiger partial charge is 0.481 e. The lowest BCUT2D eigenvalue weighted by Crippen LogP contribution is -2.44. The summed E-state index contributed by atoms with van der Waals surface area (Å²) in [5.41, 5.74) is 0.